The van der Waals surface area contributed by atoms with E-state index in [2.05, 4.69) is 26.1 Å². The van der Waals surface area contributed by atoms with Crippen molar-refractivity contribution < 1.29 is 9.90 Å². The van der Waals surface area contributed by atoms with Gasteiger partial charge in [0.05, 0.1) is 0 Å². The lowest BCUT2D eigenvalue weighted by atomic mass is 10.1. The molecule has 0 aliphatic heterocycles. The Hall–Kier alpha value is -0.0600. The maximum atomic E-state index is 11.3. The van der Waals surface area contributed by atoms with E-state index in [4.69, 9.17) is 0 Å². The van der Waals surface area contributed by atoms with Gasteiger partial charge in [0.2, 0.25) is 0 Å². The van der Waals surface area contributed by atoms with Crippen LogP contribution in [0.2, 0.25) is 0 Å². The van der Waals surface area contributed by atoms with Crippen molar-refractivity contribution in [2.45, 2.75) is 38.8 Å². The number of aliphatic hydroxyl groups excluding tert-OH is 1. The Morgan fingerprint density at radius 1 is 1.43 bits per heavy atom. The van der Waals surface area contributed by atoms with Crippen LogP contribution in [0.3, 0.4) is 0 Å². The van der Waals surface area contributed by atoms with Gasteiger partial charge in [0, 0.05) is 5.54 Å². The highest BCUT2D eigenvalue weighted by molar-refractivity contribution is 8.28. The van der Waals surface area contributed by atoms with Gasteiger partial charge < -0.3 is 10.4 Å². The highest BCUT2D eigenvalue weighted by Crippen LogP contribution is 2.18. The van der Waals surface area contributed by atoms with Crippen LogP contribution in [-0.4, -0.2) is 40.9 Å². The maximum absolute atomic E-state index is 11.3. The summed E-state index contributed by atoms with van der Waals surface area (Å²) in [6.07, 6.45) is 3.47. The molecule has 2 N–H and O–H groups in total. The summed E-state index contributed by atoms with van der Waals surface area (Å²) >= 11 is 0. The number of carbonyl (C=O) groups excluding carboxylic acids is 1. The third kappa shape index (κ3) is 6.40. The van der Waals surface area contributed by atoms with E-state index in [-0.39, 0.29) is 10.7 Å². The molecule has 1 unspecified atom stereocenters. The Morgan fingerprint density at radius 2 is 1.93 bits per heavy atom. The normalized spacial score (nSPS) is 15.1. The number of hydrogen-bond donors (Lipinski definition) is 3. The summed E-state index contributed by atoms with van der Waals surface area (Å²) in [5.41, 5.74) is 0.0476. The summed E-state index contributed by atoms with van der Waals surface area (Å²) < 4.78 is 0. The first-order valence-electron chi connectivity index (χ1n) is 4.88. The summed E-state index contributed by atoms with van der Waals surface area (Å²) in [5.74, 6) is 0. The van der Waals surface area contributed by atoms with Crippen LogP contribution in [-0.2, 0) is 4.79 Å². The highest BCUT2D eigenvalue weighted by Gasteiger charge is 2.17. The van der Waals surface area contributed by atoms with Gasteiger partial charge in [-0.05, 0) is 46.2 Å². The Bertz CT molecular complexity index is 187. The number of thiol groups is 1. The lowest BCUT2D eigenvalue weighted by molar-refractivity contribution is -0.118. The van der Waals surface area contributed by atoms with Gasteiger partial charge in [-0.25, -0.2) is 0 Å². The third-order valence-electron chi connectivity index (χ3n) is 1.80. The van der Waals surface area contributed by atoms with Gasteiger partial charge in [-0.15, -0.1) is 0 Å². The Balaban J connectivity index is 3.75. The van der Waals surface area contributed by atoms with Gasteiger partial charge in [-0.1, -0.05) is 0 Å². The van der Waals surface area contributed by atoms with Gasteiger partial charge in [0.15, 0.2) is 5.12 Å². The minimum atomic E-state index is -0.786. The van der Waals surface area contributed by atoms with Crippen molar-refractivity contribution in [3.8, 4) is 0 Å². The van der Waals surface area contributed by atoms with E-state index < -0.39 is 17.0 Å². The molecule has 0 aromatic heterocycles. The zero-order chi connectivity index (χ0) is 11.4. The number of carbonyl (C=O) groups is 1. The molecule has 0 aliphatic rings. The van der Waals surface area contributed by atoms with Crippen molar-refractivity contribution in [1.82, 2.24) is 5.32 Å². The molecule has 14 heavy (non-hydrogen) atoms. The minimum Gasteiger partial charge on any atom is -0.384 e. The van der Waals surface area contributed by atoms with Crippen LogP contribution in [0.1, 0.15) is 27.2 Å². The fraction of sp³-hybridized carbons (Fsp3) is 0.900. The van der Waals surface area contributed by atoms with Crippen molar-refractivity contribution in [1.29, 1.82) is 0 Å². The Morgan fingerprint density at radius 3 is 2.29 bits per heavy atom. The summed E-state index contributed by atoms with van der Waals surface area (Å²) in [4.78, 5) is 11.3. The topological polar surface area (TPSA) is 49.3 Å². The van der Waals surface area contributed by atoms with Crippen molar-refractivity contribution in [3.63, 3.8) is 0 Å². The molecule has 0 aromatic rings. The molecule has 0 rings (SSSR count). The fourth-order valence-corrected chi connectivity index (χ4v) is 1.73. The van der Waals surface area contributed by atoms with E-state index >= 15 is 0 Å². The molecule has 86 valence electrons. The SMILES string of the molecule is C[SH](C)C(=O)C(O)CCNC(C)(C)C. The lowest BCUT2D eigenvalue weighted by Gasteiger charge is -2.22. The number of nitrogens with one attached hydrogen (secondary N) is 1. The van der Waals surface area contributed by atoms with Gasteiger partial charge in [0.25, 0.3) is 0 Å². The first-order valence-corrected chi connectivity index (χ1v) is 7.12. The van der Waals surface area contributed by atoms with Crippen LogP contribution in [0.15, 0.2) is 0 Å². The Labute approximate surface area is 89.6 Å². The van der Waals surface area contributed by atoms with Crippen molar-refractivity contribution >= 4 is 16.0 Å². The molecular weight excluding hydrogens is 198 g/mol. The average molecular weight is 221 g/mol. The predicted octanol–water partition coefficient (Wildman–Crippen LogP) is 0.913. The smallest absolute Gasteiger partial charge is 0.197 e. The van der Waals surface area contributed by atoms with Crippen molar-refractivity contribution in [2.75, 3.05) is 19.1 Å². The van der Waals surface area contributed by atoms with Crippen LogP contribution < -0.4 is 5.32 Å². The van der Waals surface area contributed by atoms with E-state index in [1.54, 1.807) is 0 Å². The summed E-state index contributed by atoms with van der Waals surface area (Å²) in [6.45, 7) is 6.87. The van der Waals surface area contributed by atoms with Crippen LogP contribution >= 0.6 is 10.9 Å². The van der Waals surface area contributed by atoms with Crippen molar-refractivity contribution in [3.05, 3.63) is 0 Å². The van der Waals surface area contributed by atoms with Crippen LogP contribution in [0.5, 0.6) is 0 Å². The largest absolute Gasteiger partial charge is 0.384 e. The standard InChI is InChI=1S/C10H23NO2S/c1-10(2,3)11-7-6-8(12)9(13)14(4)5/h8,11-12,14H,6-7H2,1-5H3. The zero-order valence-electron chi connectivity index (χ0n) is 9.79. The second-order valence-corrected chi connectivity index (χ2v) is 6.94. The van der Waals surface area contributed by atoms with Gasteiger partial charge in [0.1, 0.15) is 6.10 Å². The fourth-order valence-electron chi connectivity index (χ4n) is 1.01. The number of aliphatic hydroxyl groups is 1. The first-order chi connectivity index (χ1) is 6.24. The second kappa shape index (κ2) is 5.73. The molecule has 4 heteroatoms. The summed E-state index contributed by atoms with van der Waals surface area (Å²) in [6, 6.07) is 0. The molecule has 0 amide bonds. The molecule has 1 atom stereocenters. The second-order valence-electron chi connectivity index (χ2n) is 4.71. The van der Waals surface area contributed by atoms with E-state index in [1.807, 2.05) is 12.5 Å². The molecule has 3 nitrogen and oxygen atoms in total. The quantitative estimate of drug-likeness (QED) is 0.619. The molecule has 0 fully saturated rings. The lowest BCUT2D eigenvalue weighted by Crippen LogP contribution is -2.38. The zero-order valence-corrected chi connectivity index (χ0v) is 10.7. The van der Waals surface area contributed by atoms with Gasteiger partial charge in [-0.3, -0.25) is 4.79 Å². The van der Waals surface area contributed by atoms with Crippen molar-refractivity contribution in [2.24, 2.45) is 0 Å². The molecule has 0 aromatic carbocycles. The summed E-state index contributed by atoms with van der Waals surface area (Å²) in [5, 5.41) is 12.7. The molecular formula is C10H23NO2S. The minimum absolute atomic E-state index is 0.00397. The molecule has 0 aliphatic carbocycles. The number of hydrogen-bond acceptors (Lipinski definition) is 3. The highest BCUT2D eigenvalue weighted by atomic mass is 32.2. The summed E-state index contributed by atoms with van der Waals surface area (Å²) in [7, 11) is -0.662. The molecule has 0 saturated heterocycles. The van der Waals surface area contributed by atoms with E-state index in [0.29, 0.717) is 13.0 Å². The monoisotopic (exact) mass is 221 g/mol. The maximum Gasteiger partial charge on any atom is 0.197 e. The molecule has 0 radical (unpaired) electrons. The van der Waals surface area contributed by atoms with Crippen LogP contribution in [0.4, 0.5) is 0 Å². The number of rotatable bonds is 4. The van der Waals surface area contributed by atoms with Gasteiger partial charge in [-0.2, -0.15) is 10.9 Å². The van der Waals surface area contributed by atoms with E-state index in [9.17, 15) is 9.90 Å². The van der Waals surface area contributed by atoms with Gasteiger partial charge >= 0.3 is 0 Å². The molecule has 0 saturated carbocycles. The average Bonchev–Trinajstić information content (AvgIpc) is 2.00. The van der Waals surface area contributed by atoms with Crippen LogP contribution in [0, 0.1) is 0 Å². The molecule has 0 heterocycles. The third-order valence-corrected chi connectivity index (χ3v) is 2.98. The predicted molar refractivity (Wildman–Crippen MR) is 64.2 cm³/mol. The van der Waals surface area contributed by atoms with E-state index in [1.165, 1.54) is 0 Å². The molecule has 0 bridgehead atoms. The molecule has 0 spiro atoms. The van der Waals surface area contributed by atoms with Crippen LogP contribution in [0.25, 0.3) is 0 Å². The van der Waals surface area contributed by atoms with E-state index in [0.717, 1.165) is 0 Å². The first kappa shape index (κ1) is 13.9. The Kier molecular flexibility index (Phi) is 5.71.